The van der Waals surface area contributed by atoms with Crippen LogP contribution in [0.15, 0.2) is 30.6 Å². The van der Waals surface area contributed by atoms with Crippen LogP contribution in [0.2, 0.25) is 0 Å². The van der Waals surface area contributed by atoms with Gasteiger partial charge in [0.1, 0.15) is 6.04 Å². The molecule has 0 spiro atoms. The summed E-state index contributed by atoms with van der Waals surface area (Å²) in [6.45, 7) is 2.13. The molecule has 29 heavy (non-hydrogen) atoms. The highest BCUT2D eigenvalue weighted by Gasteiger charge is 2.36. The highest BCUT2D eigenvalue weighted by atomic mass is 16.2. The lowest BCUT2D eigenvalue weighted by Gasteiger charge is -2.39. The molecule has 2 saturated heterocycles. The van der Waals surface area contributed by atoms with Crippen molar-refractivity contribution < 1.29 is 14.4 Å². The van der Waals surface area contributed by atoms with E-state index in [2.05, 4.69) is 43.9 Å². The van der Waals surface area contributed by atoms with E-state index < -0.39 is 12.1 Å². The first kappa shape index (κ1) is 17.7. The summed E-state index contributed by atoms with van der Waals surface area (Å²) in [5.41, 5.74) is 4.75. The van der Waals surface area contributed by atoms with Crippen molar-refractivity contribution in [2.24, 2.45) is 0 Å². The van der Waals surface area contributed by atoms with Gasteiger partial charge in [-0.05, 0) is 30.0 Å². The molecule has 1 aromatic carbocycles. The van der Waals surface area contributed by atoms with Crippen LogP contribution >= 0.6 is 0 Å². The van der Waals surface area contributed by atoms with Crippen LogP contribution in [-0.2, 0) is 16.0 Å². The number of fused-ring (bicyclic) bond motifs is 3. The summed E-state index contributed by atoms with van der Waals surface area (Å²) in [5.74, 6) is -0.319. The summed E-state index contributed by atoms with van der Waals surface area (Å²) in [4.78, 5) is 39.8. The van der Waals surface area contributed by atoms with E-state index in [0.717, 1.165) is 24.1 Å². The lowest BCUT2D eigenvalue weighted by Crippen LogP contribution is -2.53. The van der Waals surface area contributed by atoms with Crippen LogP contribution in [-0.4, -0.2) is 64.7 Å². The molecule has 3 aliphatic rings. The minimum Gasteiger partial charge on any atom is -0.364 e. The number of benzene rings is 1. The van der Waals surface area contributed by atoms with E-state index in [1.54, 1.807) is 0 Å². The van der Waals surface area contributed by atoms with Gasteiger partial charge >= 0.3 is 6.03 Å². The van der Waals surface area contributed by atoms with Gasteiger partial charge in [-0.15, -0.1) is 0 Å². The molecular formula is C20H22N6O3. The number of nitrogens with zero attached hydrogens (tertiary/aromatic N) is 3. The van der Waals surface area contributed by atoms with Gasteiger partial charge in [0.25, 0.3) is 5.91 Å². The zero-order valence-electron chi connectivity index (χ0n) is 15.9. The van der Waals surface area contributed by atoms with E-state index >= 15 is 0 Å². The molecule has 3 aliphatic heterocycles. The van der Waals surface area contributed by atoms with E-state index in [0.29, 0.717) is 19.5 Å². The number of piperazine rings is 1. The second-order valence-electron chi connectivity index (χ2n) is 7.78. The molecule has 0 bridgehead atoms. The molecule has 0 saturated carbocycles. The van der Waals surface area contributed by atoms with Gasteiger partial charge in [-0.3, -0.25) is 20.0 Å². The fourth-order valence-corrected chi connectivity index (χ4v) is 4.51. The number of carbonyl (C=O) groups excluding carboxylic acids is 3. The summed E-state index contributed by atoms with van der Waals surface area (Å²) in [5, 5.41) is 11.6. The SMILES string of the molecule is O=C1NC(=O)C(CCC(=O)N2CCN3c4cc(-c5cn[nH]c5)ccc4CC3C2)N1. The largest absolute Gasteiger partial charge is 0.364 e. The number of hydrogen-bond acceptors (Lipinski definition) is 5. The fourth-order valence-electron chi connectivity index (χ4n) is 4.51. The van der Waals surface area contributed by atoms with Gasteiger partial charge < -0.3 is 15.1 Å². The number of imide groups is 1. The zero-order chi connectivity index (χ0) is 20.0. The van der Waals surface area contributed by atoms with Crippen molar-refractivity contribution >= 4 is 23.5 Å². The number of rotatable bonds is 4. The second-order valence-corrected chi connectivity index (χ2v) is 7.78. The maximum absolute atomic E-state index is 12.7. The average Bonchev–Trinajstić information content (AvgIpc) is 3.43. The van der Waals surface area contributed by atoms with Crippen LogP contribution in [0.1, 0.15) is 18.4 Å². The minimum absolute atomic E-state index is 0.0358. The van der Waals surface area contributed by atoms with E-state index in [1.165, 1.54) is 11.3 Å². The Morgan fingerprint density at radius 3 is 2.86 bits per heavy atom. The highest BCUT2D eigenvalue weighted by molar-refractivity contribution is 6.04. The number of hydrogen-bond donors (Lipinski definition) is 3. The molecule has 0 radical (unpaired) electrons. The first-order valence-electron chi connectivity index (χ1n) is 9.86. The maximum Gasteiger partial charge on any atom is 0.322 e. The molecule has 2 fully saturated rings. The average molecular weight is 394 g/mol. The van der Waals surface area contributed by atoms with Crippen molar-refractivity contribution in [2.45, 2.75) is 31.3 Å². The third-order valence-electron chi connectivity index (χ3n) is 6.02. The summed E-state index contributed by atoms with van der Waals surface area (Å²) in [6, 6.07) is 5.68. The monoisotopic (exact) mass is 394 g/mol. The quantitative estimate of drug-likeness (QED) is 0.659. The minimum atomic E-state index is -0.607. The molecule has 9 nitrogen and oxygen atoms in total. The standard InChI is InChI=1S/C20H22N6O3/c27-18(4-3-16-19(28)24-20(29)23-16)25-5-6-26-15(11-25)7-13-2-1-12(8-17(13)26)14-9-21-22-10-14/h1-2,8-10,15-16H,3-7,11H2,(H,21,22)(H2,23,24,28,29). The Morgan fingerprint density at radius 2 is 2.10 bits per heavy atom. The molecular weight excluding hydrogens is 372 g/mol. The molecule has 150 valence electrons. The molecule has 4 heterocycles. The van der Waals surface area contributed by atoms with Gasteiger partial charge in [-0.2, -0.15) is 5.10 Å². The van der Waals surface area contributed by atoms with Crippen molar-refractivity contribution in [2.75, 3.05) is 24.5 Å². The number of carbonyl (C=O) groups is 3. The van der Waals surface area contributed by atoms with Crippen molar-refractivity contribution in [3.8, 4) is 11.1 Å². The number of aromatic amines is 1. The number of anilines is 1. The Hall–Kier alpha value is -3.36. The number of aromatic nitrogens is 2. The topological polar surface area (TPSA) is 110 Å². The molecule has 2 aromatic rings. The number of urea groups is 1. The smallest absolute Gasteiger partial charge is 0.322 e. The Morgan fingerprint density at radius 1 is 1.21 bits per heavy atom. The van der Waals surface area contributed by atoms with Crippen LogP contribution in [0.5, 0.6) is 0 Å². The lowest BCUT2D eigenvalue weighted by atomic mass is 10.0. The summed E-state index contributed by atoms with van der Waals surface area (Å²) >= 11 is 0. The molecule has 2 atom stereocenters. The second kappa shape index (κ2) is 6.91. The Kier molecular flexibility index (Phi) is 4.22. The van der Waals surface area contributed by atoms with Crippen LogP contribution < -0.4 is 15.5 Å². The maximum atomic E-state index is 12.7. The van der Waals surface area contributed by atoms with Crippen LogP contribution in [0.4, 0.5) is 10.5 Å². The van der Waals surface area contributed by atoms with E-state index in [1.807, 2.05) is 17.3 Å². The summed E-state index contributed by atoms with van der Waals surface area (Å²) < 4.78 is 0. The number of nitrogens with one attached hydrogen (secondary N) is 3. The van der Waals surface area contributed by atoms with Gasteiger partial charge in [0.05, 0.1) is 12.2 Å². The van der Waals surface area contributed by atoms with Crippen molar-refractivity contribution in [3.05, 3.63) is 36.2 Å². The van der Waals surface area contributed by atoms with E-state index in [-0.39, 0.29) is 24.3 Å². The first-order chi connectivity index (χ1) is 14.1. The Labute approximate surface area is 167 Å². The fraction of sp³-hybridized carbons (Fsp3) is 0.400. The van der Waals surface area contributed by atoms with Crippen molar-refractivity contribution in [3.63, 3.8) is 0 Å². The van der Waals surface area contributed by atoms with Gasteiger partial charge in [-0.25, -0.2) is 4.79 Å². The molecule has 2 unspecified atom stereocenters. The lowest BCUT2D eigenvalue weighted by molar-refractivity contribution is -0.132. The molecule has 3 N–H and O–H groups in total. The van der Waals surface area contributed by atoms with Gasteiger partial charge in [0, 0.05) is 43.5 Å². The molecule has 5 rings (SSSR count). The highest BCUT2D eigenvalue weighted by Crippen LogP contribution is 2.37. The molecule has 4 amide bonds. The van der Waals surface area contributed by atoms with E-state index in [9.17, 15) is 14.4 Å². The molecule has 1 aromatic heterocycles. The zero-order valence-corrected chi connectivity index (χ0v) is 15.9. The van der Waals surface area contributed by atoms with E-state index in [4.69, 9.17) is 0 Å². The molecule has 0 aliphatic carbocycles. The Balaban J connectivity index is 1.22. The normalized spacial score (nSPS) is 22.9. The van der Waals surface area contributed by atoms with Gasteiger partial charge in [0.15, 0.2) is 0 Å². The summed E-state index contributed by atoms with van der Waals surface area (Å²) in [6.07, 6.45) is 5.21. The predicted octanol–water partition coefficient (Wildman–Crippen LogP) is 0.638. The van der Waals surface area contributed by atoms with Gasteiger partial charge in [0.2, 0.25) is 5.91 Å². The van der Waals surface area contributed by atoms with Crippen LogP contribution in [0, 0.1) is 0 Å². The number of amides is 4. The summed E-state index contributed by atoms with van der Waals surface area (Å²) in [7, 11) is 0. The van der Waals surface area contributed by atoms with Crippen molar-refractivity contribution in [1.29, 1.82) is 0 Å². The Bertz CT molecular complexity index is 973. The van der Waals surface area contributed by atoms with Crippen molar-refractivity contribution in [1.82, 2.24) is 25.7 Å². The van der Waals surface area contributed by atoms with Gasteiger partial charge in [-0.1, -0.05) is 12.1 Å². The van der Waals surface area contributed by atoms with Crippen LogP contribution in [0.25, 0.3) is 11.1 Å². The van der Waals surface area contributed by atoms with Crippen LogP contribution in [0.3, 0.4) is 0 Å². The third-order valence-corrected chi connectivity index (χ3v) is 6.02. The number of H-pyrrole nitrogens is 1. The third kappa shape index (κ3) is 3.22. The molecule has 9 heteroatoms. The predicted molar refractivity (Wildman–Crippen MR) is 105 cm³/mol. The first-order valence-corrected chi connectivity index (χ1v) is 9.86.